The first kappa shape index (κ1) is 14.5. The van der Waals surface area contributed by atoms with Gasteiger partial charge in [-0.15, -0.1) is 10.2 Å². The lowest BCUT2D eigenvalue weighted by Gasteiger charge is -2.17. The Bertz CT molecular complexity index is 623. The normalized spacial score (nSPS) is 13.7. The molecule has 22 heavy (non-hydrogen) atoms. The van der Waals surface area contributed by atoms with Crippen molar-refractivity contribution in [3.63, 3.8) is 0 Å². The smallest absolute Gasteiger partial charge is 0.276 e. The highest BCUT2D eigenvalue weighted by Crippen LogP contribution is 2.32. The van der Waals surface area contributed by atoms with Crippen LogP contribution in [-0.2, 0) is 0 Å². The minimum atomic E-state index is -0.245. The van der Waals surface area contributed by atoms with Crippen LogP contribution in [0.4, 0.5) is 11.5 Å². The number of hydrogen-bond acceptors (Lipinski definition) is 4. The van der Waals surface area contributed by atoms with Gasteiger partial charge in [0.05, 0.1) is 0 Å². The lowest BCUT2D eigenvalue weighted by molar-refractivity contribution is 0.102. The van der Waals surface area contributed by atoms with Gasteiger partial charge in [-0.25, -0.2) is 0 Å². The highest BCUT2D eigenvalue weighted by Gasteiger charge is 2.21. The van der Waals surface area contributed by atoms with Gasteiger partial charge in [-0.1, -0.05) is 31.0 Å². The number of carbonyl (C=O) groups excluding carboxylic acids is 1. The number of carbonyl (C=O) groups is 1. The van der Waals surface area contributed by atoms with Crippen LogP contribution >= 0.6 is 0 Å². The van der Waals surface area contributed by atoms with Crippen LogP contribution in [0.1, 0.15) is 29.8 Å². The van der Waals surface area contributed by atoms with Crippen LogP contribution in [0.5, 0.6) is 0 Å². The Kier molecular flexibility index (Phi) is 4.32. The molecule has 1 aliphatic carbocycles. The average Bonchev–Trinajstić information content (AvgIpc) is 3.38. The molecule has 1 saturated carbocycles. The molecule has 0 saturated heterocycles. The molecule has 1 N–H and O–H groups in total. The number of benzene rings is 1. The SMILES string of the molecule is CN(CCC1CC1)c1ccc(C(=O)Nc2ccccc2)nn1. The molecule has 0 aliphatic heterocycles. The molecular weight excluding hydrogens is 276 g/mol. The van der Waals surface area contributed by atoms with E-state index in [1.807, 2.05) is 43.4 Å². The number of nitrogens with zero attached hydrogens (tertiary/aromatic N) is 3. The summed E-state index contributed by atoms with van der Waals surface area (Å²) in [5.41, 5.74) is 1.07. The molecule has 114 valence electrons. The highest BCUT2D eigenvalue weighted by molar-refractivity contribution is 6.02. The van der Waals surface area contributed by atoms with Crippen molar-refractivity contribution in [3.05, 3.63) is 48.2 Å². The monoisotopic (exact) mass is 296 g/mol. The first-order chi connectivity index (χ1) is 10.7. The third kappa shape index (κ3) is 3.81. The predicted molar refractivity (Wildman–Crippen MR) is 87.0 cm³/mol. The van der Waals surface area contributed by atoms with Crippen molar-refractivity contribution < 1.29 is 4.79 Å². The average molecular weight is 296 g/mol. The standard InChI is InChI=1S/C17H20N4O/c1-21(12-11-13-7-8-13)16-10-9-15(19-20-16)17(22)18-14-5-3-2-4-6-14/h2-6,9-10,13H,7-8,11-12H2,1H3,(H,18,22). The second kappa shape index (κ2) is 6.56. The molecule has 1 fully saturated rings. The van der Waals surface area contributed by atoms with Crippen LogP contribution in [-0.4, -0.2) is 29.7 Å². The van der Waals surface area contributed by atoms with Crippen molar-refractivity contribution in [2.45, 2.75) is 19.3 Å². The molecule has 0 atom stereocenters. The summed E-state index contributed by atoms with van der Waals surface area (Å²) in [6.45, 7) is 0.981. The second-order valence-electron chi connectivity index (χ2n) is 5.75. The minimum Gasteiger partial charge on any atom is -0.358 e. The van der Waals surface area contributed by atoms with E-state index in [0.29, 0.717) is 5.69 Å². The molecule has 1 heterocycles. The molecule has 0 spiro atoms. The van der Waals surface area contributed by atoms with E-state index in [0.717, 1.165) is 24.0 Å². The molecule has 0 bridgehead atoms. The second-order valence-corrected chi connectivity index (χ2v) is 5.75. The Hall–Kier alpha value is -2.43. The summed E-state index contributed by atoms with van der Waals surface area (Å²) in [5, 5.41) is 11.0. The van der Waals surface area contributed by atoms with Gasteiger partial charge in [0, 0.05) is 19.3 Å². The Morgan fingerprint density at radius 2 is 1.95 bits per heavy atom. The van der Waals surface area contributed by atoms with Gasteiger partial charge >= 0.3 is 0 Å². The number of nitrogens with one attached hydrogen (secondary N) is 1. The maximum Gasteiger partial charge on any atom is 0.276 e. The quantitative estimate of drug-likeness (QED) is 0.890. The zero-order valence-electron chi connectivity index (χ0n) is 12.7. The summed E-state index contributed by atoms with van der Waals surface area (Å²) in [6.07, 6.45) is 3.92. The number of rotatable bonds is 6. The van der Waals surface area contributed by atoms with Gasteiger partial charge in [0.25, 0.3) is 5.91 Å². The van der Waals surface area contributed by atoms with Crippen molar-refractivity contribution in [2.75, 3.05) is 23.8 Å². The molecule has 5 heteroatoms. The van der Waals surface area contributed by atoms with Crippen molar-refractivity contribution in [3.8, 4) is 0 Å². The first-order valence-electron chi connectivity index (χ1n) is 7.63. The summed E-state index contributed by atoms with van der Waals surface area (Å²) < 4.78 is 0. The first-order valence-corrected chi connectivity index (χ1v) is 7.63. The molecule has 0 radical (unpaired) electrons. The lowest BCUT2D eigenvalue weighted by atomic mass is 10.2. The van der Waals surface area contributed by atoms with Crippen molar-refractivity contribution in [1.29, 1.82) is 0 Å². The van der Waals surface area contributed by atoms with E-state index in [2.05, 4.69) is 20.4 Å². The van der Waals surface area contributed by atoms with E-state index in [9.17, 15) is 4.79 Å². The fourth-order valence-corrected chi connectivity index (χ4v) is 2.26. The zero-order valence-corrected chi connectivity index (χ0v) is 12.7. The van der Waals surface area contributed by atoms with E-state index < -0.39 is 0 Å². The summed E-state index contributed by atoms with van der Waals surface area (Å²) in [4.78, 5) is 14.2. The van der Waals surface area contributed by atoms with Crippen LogP contribution in [0.25, 0.3) is 0 Å². The number of hydrogen-bond donors (Lipinski definition) is 1. The third-order valence-corrected chi connectivity index (χ3v) is 3.88. The van der Waals surface area contributed by atoms with E-state index in [1.165, 1.54) is 19.3 Å². The van der Waals surface area contributed by atoms with Crippen molar-refractivity contribution in [2.24, 2.45) is 5.92 Å². The molecule has 2 aromatic rings. The fraction of sp³-hybridized carbons (Fsp3) is 0.353. The zero-order chi connectivity index (χ0) is 15.4. The number of para-hydroxylation sites is 1. The summed E-state index contributed by atoms with van der Waals surface area (Å²) in [6, 6.07) is 12.9. The Balaban J connectivity index is 1.59. The van der Waals surface area contributed by atoms with E-state index in [1.54, 1.807) is 6.07 Å². The molecule has 0 unspecified atom stereocenters. The van der Waals surface area contributed by atoms with E-state index >= 15 is 0 Å². The molecule has 1 amide bonds. The van der Waals surface area contributed by atoms with E-state index in [4.69, 9.17) is 0 Å². The van der Waals surface area contributed by atoms with Gasteiger partial charge in [0.1, 0.15) is 0 Å². The number of aromatic nitrogens is 2. The Morgan fingerprint density at radius 3 is 2.59 bits per heavy atom. The predicted octanol–water partition coefficient (Wildman–Crippen LogP) is 2.97. The van der Waals surface area contributed by atoms with Gasteiger partial charge in [-0.3, -0.25) is 4.79 Å². The summed E-state index contributed by atoms with van der Waals surface area (Å²) >= 11 is 0. The van der Waals surface area contributed by atoms with Gasteiger partial charge in [-0.05, 0) is 36.6 Å². The fourth-order valence-electron chi connectivity index (χ4n) is 2.26. The van der Waals surface area contributed by atoms with Crippen LogP contribution in [0, 0.1) is 5.92 Å². The van der Waals surface area contributed by atoms with Gasteiger partial charge < -0.3 is 10.2 Å². The van der Waals surface area contributed by atoms with Crippen molar-refractivity contribution in [1.82, 2.24) is 10.2 Å². The third-order valence-electron chi connectivity index (χ3n) is 3.88. The maximum absolute atomic E-state index is 12.1. The maximum atomic E-state index is 12.1. The van der Waals surface area contributed by atoms with Crippen molar-refractivity contribution >= 4 is 17.4 Å². The molecule has 1 aromatic carbocycles. The summed E-state index contributed by atoms with van der Waals surface area (Å²) in [5.74, 6) is 1.45. The molecule has 1 aliphatic rings. The Labute approximate surface area is 130 Å². The number of anilines is 2. The van der Waals surface area contributed by atoms with Gasteiger partial charge in [0.15, 0.2) is 11.5 Å². The summed E-state index contributed by atoms with van der Waals surface area (Å²) in [7, 11) is 2.01. The van der Waals surface area contributed by atoms with Crippen LogP contribution in [0.3, 0.4) is 0 Å². The van der Waals surface area contributed by atoms with Gasteiger partial charge in [0.2, 0.25) is 0 Å². The number of amides is 1. The van der Waals surface area contributed by atoms with Crippen LogP contribution < -0.4 is 10.2 Å². The minimum absolute atomic E-state index is 0.245. The van der Waals surface area contributed by atoms with Crippen LogP contribution in [0.2, 0.25) is 0 Å². The highest BCUT2D eigenvalue weighted by atomic mass is 16.1. The van der Waals surface area contributed by atoms with Gasteiger partial charge in [-0.2, -0.15) is 0 Å². The molecule has 3 rings (SSSR count). The van der Waals surface area contributed by atoms with Crippen LogP contribution in [0.15, 0.2) is 42.5 Å². The Morgan fingerprint density at radius 1 is 1.18 bits per heavy atom. The van der Waals surface area contributed by atoms with E-state index in [-0.39, 0.29) is 5.91 Å². The molecule has 5 nitrogen and oxygen atoms in total. The lowest BCUT2D eigenvalue weighted by Crippen LogP contribution is -2.21. The molecule has 1 aromatic heterocycles. The topological polar surface area (TPSA) is 58.1 Å². The largest absolute Gasteiger partial charge is 0.358 e. The molecular formula is C17H20N4O.